The van der Waals surface area contributed by atoms with Crippen LogP contribution in [0, 0.1) is 0 Å². The molecular formula is C20H26ClN7. The zero-order chi connectivity index (χ0) is 19.3. The molecule has 0 saturated carbocycles. The van der Waals surface area contributed by atoms with E-state index in [2.05, 4.69) is 35.7 Å². The molecule has 28 heavy (non-hydrogen) atoms. The Balaban J connectivity index is 1.24. The Morgan fingerprint density at radius 1 is 1.07 bits per heavy atom. The number of halogens is 1. The number of piperazine rings is 1. The first-order valence-corrected chi connectivity index (χ1v) is 10.1. The summed E-state index contributed by atoms with van der Waals surface area (Å²) in [7, 11) is 0. The summed E-state index contributed by atoms with van der Waals surface area (Å²) in [5.41, 5.74) is 8.86. The van der Waals surface area contributed by atoms with E-state index in [1.54, 1.807) is 12.4 Å². The summed E-state index contributed by atoms with van der Waals surface area (Å²) in [6.45, 7) is 6.94. The van der Waals surface area contributed by atoms with Gasteiger partial charge >= 0.3 is 0 Å². The number of nitrogens with two attached hydrogens (primary N) is 1. The Morgan fingerprint density at radius 3 is 2.64 bits per heavy atom. The van der Waals surface area contributed by atoms with Crippen LogP contribution in [0.3, 0.4) is 0 Å². The summed E-state index contributed by atoms with van der Waals surface area (Å²) < 4.78 is 0. The van der Waals surface area contributed by atoms with Crippen LogP contribution in [0.5, 0.6) is 0 Å². The van der Waals surface area contributed by atoms with Crippen LogP contribution in [0.4, 0.5) is 5.95 Å². The van der Waals surface area contributed by atoms with Crippen molar-refractivity contribution in [2.75, 3.05) is 50.7 Å². The predicted octanol–water partition coefficient (Wildman–Crippen LogP) is 1.62. The van der Waals surface area contributed by atoms with Gasteiger partial charge in [0.05, 0.1) is 6.54 Å². The maximum atomic E-state index is 6.30. The van der Waals surface area contributed by atoms with E-state index < -0.39 is 0 Å². The number of fused-ring (bicyclic) bond motifs is 1. The van der Waals surface area contributed by atoms with Crippen LogP contribution in [0.2, 0.25) is 5.02 Å². The number of anilines is 1. The monoisotopic (exact) mass is 399 g/mol. The maximum absolute atomic E-state index is 6.30. The van der Waals surface area contributed by atoms with Gasteiger partial charge in [0.25, 0.3) is 0 Å². The summed E-state index contributed by atoms with van der Waals surface area (Å²) >= 11 is 6.30. The lowest BCUT2D eigenvalue weighted by Crippen LogP contribution is -2.51. The van der Waals surface area contributed by atoms with Gasteiger partial charge in [-0.3, -0.25) is 9.89 Å². The first-order chi connectivity index (χ1) is 13.7. The van der Waals surface area contributed by atoms with Crippen molar-refractivity contribution in [3.8, 4) is 0 Å². The average Bonchev–Trinajstić information content (AvgIpc) is 2.74. The fourth-order valence-corrected chi connectivity index (χ4v) is 4.10. The fourth-order valence-electron chi connectivity index (χ4n) is 3.81. The molecule has 148 valence electrons. The third-order valence-corrected chi connectivity index (χ3v) is 5.77. The second kappa shape index (κ2) is 8.75. The minimum atomic E-state index is 0.633. The summed E-state index contributed by atoms with van der Waals surface area (Å²) in [6.07, 6.45) is 4.55. The van der Waals surface area contributed by atoms with E-state index in [-0.39, 0.29) is 0 Å². The molecule has 7 nitrogen and oxygen atoms in total. The third-order valence-electron chi connectivity index (χ3n) is 5.42. The van der Waals surface area contributed by atoms with Crippen LogP contribution in [0.15, 0.2) is 41.7 Å². The van der Waals surface area contributed by atoms with Crippen molar-refractivity contribution in [1.82, 2.24) is 19.8 Å². The minimum Gasteiger partial charge on any atom is -0.370 e. The van der Waals surface area contributed by atoms with E-state index in [0.717, 1.165) is 63.2 Å². The second-order valence-corrected chi connectivity index (χ2v) is 7.57. The predicted molar refractivity (Wildman–Crippen MR) is 113 cm³/mol. The molecule has 2 aliphatic rings. The number of nitrogens with zero attached hydrogens (tertiary/aromatic N) is 6. The van der Waals surface area contributed by atoms with Crippen LogP contribution < -0.4 is 10.6 Å². The highest BCUT2D eigenvalue weighted by Gasteiger charge is 2.20. The Morgan fingerprint density at radius 2 is 1.86 bits per heavy atom. The van der Waals surface area contributed by atoms with Gasteiger partial charge in [0, 0.05) is 63.2 Å². The Hall–Kier alpha value is -2.38. The molecule has 0 atom stereocenters. The molecule has 2 aliphatic heterocycles. The summed E-state index contributed by atoms with van der Waals surface area (Å²) in [5, 5.41) is 0.888. The molecule has 8 heteroatoms. The highest BCUT2D eigenvalue weighted by Crippen LogP contribution is 2.25. The summed E-state index contributed by atoms with van der Waals surface area (Å²) in [5.74, 6) is 1.41. The SMILES string of the molecule is NC(=NCCN1CCc2c(Cl)cccc2C1)N1CCN(c2ncccn2)CC1. The Labute approximate surface area is 170 Å². The molecule has 0 aliphatic carbocycles. The minimum absolute atomic E-state index is 0.633. The van der Waals surface area contributed by atoms with Gasteiger partial charge in [-0.25, -0.2) is 9.97 Å². The lowest BCUT2D eigenvalue weighted by Gasteiger charge is -2.35. The van der Waals surface area contributed by atoms with Crippen molar-refractivity contribution in [3.05, 3.63) is 52.8 Å². The number of aromatic nitrogens is 2. The van der Waals surface area contributed by atoms with Crippen molar-refractivity contribution >= 4 is 23.5 Å². The number of hydrogen-bond acceptors (Lipinski definition) is 5. The van der Waals surface area contributed by atoms with Crippen LogP contribution in [-0.4, -0.2) is 71.5 Å². The topological polar surface area (TPSA) is 73.9 Å². The molecule has 2 N–H and O–H groups in total. The molecule has 0 spiro atoms. The molecule has 0 amide bonds. The first-order valence-electron chi connectivity index (χ1n) is 9.76. The van der Waals surface area contributed by atoms with E-state index in [4.69, 9.17) is 17.3 Å². The number of hydrogen-bond donors (Lipinski definition) is 1. The first kappa shape index (κ1) is 19.0. The van der Waals surface area contributed by atoms with Crippen LogP contribution in [-0.2, 0) is 13.0 Å². The number of guanidine groups is 1. The van der Waals surface area contributed by atoms with Crippen molar-refractivity contribution in [1.29, 1.82) is 0 Å². The molecule has 4 rings (SSSR count). The summed E-state index contributed by atoms with van der Waals surface area (Å²) in [4.78, 5) is 20.0. The number of rotatable bonds is 4. The molecular weight excluding hydrogens is 374 g/mol. The molecule has 0 radical (unpaired) electrons. The van der Waals surface area contributed by atoms with Crippen LogP contribution in [0.1, 0.15) is 11.1 Å². The molecule has 1 fully saturated rings. The molecule has 0 bridgehead atoms. The molecule has 1 aromatic carbocycles. The summed E-state index contributed by atoms with van der Waals surface area (Å²) in [6, 6.07) is 8.01. The standard InChI is InChI=1S/C20H26ClN7/c21-18-4-1-3-16-15-26(9-5-17(16)18)10-8-23-19(22)27-11-13-28(14-12-27)20-24-6-2-7-25-20/h1-4,6-7H,5,8-15H2,(H2,22,23). The van der Waals surface area contributed by atoms with Gasteiger partial charge in [-0.05, 0) is 29.7 Å². The average molecular weight is 400 g/mol. The Bertz CT molecular complexity index is 819. The molecule has 3 heterocycles. The highest BCUT2D eigenvalue weighted by molar-refractivity contribution is 6.31. The van der Waals surface area contributed by atoms with Gasteiger partial charge in [-0.15, -0.1) is 0 Å². The van der Waals surface area contributed by atoms with Crippen molar-refractivity contribution in [3.63, 3.8) is 0 Å². The molecule has 1 aromatic heterocycles. The smallest absolute Gasteiger partial charge is 0.225 e. The lowest BCUT2D eigenvalue weighted by molar-refractivity contribution is 0.261. The van der Waals surface area contributed by atoms with Crippen LogP contribution >= 0.6 is 11.6 Å². The van der Waals surface area contributed by atoms with Crippen molar-refractivity contribution < 1.29 is 0 Å². The van der Waals surface area contributed by atoms with E-state index in [1.165, 1.54) is 11.1 Å². The quantitative estimate of drug-likeness (QED) is 0.622. The van der Waals surface area contributed by atoms with Gasteiger partial charge < -0.3 is 15.5 Å². The normalized spacial score (nSPS) is 18.2. The van der Waals surface area contributed by atoms with Crippen molar-refractivity contribution in [2.45, 2.75) is 13.0 Å². The van der Waals surface area contributed by atoms with E-state index >= 15 is 0 Å². The Kier molecular flexibility index (Phi) is 5.92. The van der Waals surface area contributed by atoms with Gasteiger partial charge in [0.1, 0.15) is 0 Å². The fraction of sp³-hybridized carbons (Fsp3) is 0.450. The molecule has 0 unspecified atom stereocenters. The number of benzene rings is 1. The van der Waals surface area contributed by atoms with Gasteiger partial charge in [0.15, 0.2) is 5.96 Å². The van der Waals surface area contributed by atoms with E-state index in [9.17, 15) is 0 Å². The van der Waals surface area contributed by atoms with Gasteiger partial charge in [0.2, 0.25) is 5.95 Å². The largest absolute Gasteiger partial charge is 0.370 e. The van der Waals surface area contributed by atoms with E-state index in [0.29, 0.717) is 12.5 Å². The molecule has 1 saturated heterocycles. The van der Waals surface area contributed by atoms with E-state index in [1.807, 2.05) is 18.2 Å². The lowest BCUT2D eigenvalue weighted by atomic mass is 10.00. The zero-order valence-corrected chi connectivity index (χ0v) is 16.7. The highest BCUT2D eigenvalue weighted by atomic mass is 35.5. The second-order valence-electron chi connectivity index (χ2n) is 7.17. The number of aliphatic imine (C=N–C) groups is 1. The van der Waals surface area contributed by atoms with Crippen molar-refractivity contribution in [2.24, 2.45) is 10.7 Å². The van der Waals surface area contributed by atoms with Crippen LogP contribution in [0.25, 0.3) is 0 Å². The van der Waals surface area contributed by atoms with Gasteiger partial charge in [-0.2, -0.15) is 0 Å². The van der Waals surface area contributed by atoms with Gasteiger partial charge in [-0.1, -0.05) is 23.7 Å². The maximum Gasteiger partial charge on any atom is 0.225 e. The third kappa shape index (κ3) is 4.36. The molecule has 2 aromatic rings. The zero-order valence-electron chi connectivity index (χ0n) is 16.0.